The van der Waals surface area contributed by atoms with Crippen LogP contribution in [-0.4, -0.2) is 40.0 Å². The Kier molecular flexibility index (Phi) is 5.48. The van der Waals surface area contributed by atoms with Crippen molar-refractivity contribution in [3.05, 3.63) is 40.7 Å². The molecule has 0 radical (unpaired) electrons. The molecule has 0 spiro atoms. The molecule has 0 bridgehead atoms. The van der Waals surface area contributed by atoms with Gasteiger partial charge in [-0.3, -0.25) is 4.79 Å². The Balaban J connectivity index is 1.86. The lowest BCUT2D eigenvalue weighted by molar-refractivity contribution is 0.0924. The van der Waals surface area contributed by atoms with Crippen LogP contribution in [-0.2, 0) is 6.42 Å². The third-order valence-electron chi connectivity index (χ3n) is 4.15. The van der Waals surface area contributed by atoms with Crippen molar-refractivity contribution in [2.24, 2.45) is 0 Å². The molecule has 6 nitrogen and oxygen atoms in total. The predicted octanol–water partition coefficient (Wildman–Crippen LogP) is 2.36. The zero-order valence-corrected chi connectivity index (χ0v) is 14.5. The van der Waals surface area contributed by atoms with E-state index in [4.69, 9.17) is 11.6 Å². The van der Waals surface area contributed by atoms with Crippen molar-refractivity contribution in [1.82, 2.24) is 25.6 Å². The third-order valence-corrected chi connectivity index (χ3v) is 4.39. The number of hydrogen-bond acceptors (Lipinski definition) is 4. The first-order valence-electron chi connectivity index (χ1n) is 8.41. The van der Waals surface area contributed by atoms with Gasteiger partial charge in [-0.25, -0.2) is 4.68 Å². The molecule has 1 aromatic carbocycles. The molecule has 1 aliphatic rings. The first-order chi connectivity index (χ1) is 11.7. The van der Waals surface area contributed by atoms with Crippen LogP contribution in [0, 0.1) is 0 Å². The highest BCUT2D eigenvalue weighted by Gasteiger charge is 2.23. The van der Waals surface area contributed by atoms with Crippen molar-refractivity contribution in [2.75, 3.05) is 13.1 Å². The molecule has 128 valence electrons. The maximum absolute atomic E-state index is 12.6. The van der Waals surface area contributed by atoms with Crippen LogP contribution in [0.15, 0.2) is 24.3 Å². The SMILES string of the molecule is CCCc1c(C(=O)NC2CCCNC2)nnn1-c1cccc(Cl)c1. The van der Waals surface area contributed by atoms with Crippen molar-refractivity contribution in [1.29, 1.82) is 0 Å². The molecule has 3 rings (SSSR count). The van der Waals surface area contributed by atoms with Gasteiger partial charge in [0.1, 0.15) is 0 Å². The highest BCUT2D eigenvalue weighted by atomic mass is 35.5. The van der Waals surface area contributed by atoms with Crippen molar-refractivity contribution in [2.45, 2.75) is 38.6 Å². The topological polar surface area (TPSA) is 71.8 Å². The maximum atomic E-state index is 12.6. The summed E-state index contributed by atoms with van der Waals surface area (Å²) in [4.78, 5) is 12.6. The Morgan fingerprint density at radius 1 is 1.50 bits per heavy atom. The van der Waals surface area contributed by atoms with E-state index in [-0.39, 0.29) is 11.9 Å². The smallest absolute Gasteiger partial charge is 0.274 e. The van der Waals surface area contributed by atoms with Crippen molar-refractivity contribution >= 4 is 17.5 Å². The largest absolute Gasteiger partial charge is 0.347 e. The van der Waals surface area contributed by atoms with Gasteiger partial charge >= 0.3 is 0 Å². The van der Waals surface area contributed by atoms with Crippen LogP contribution in [0.1, 0.15) is 42.4 Å². The minimum atomic E-state index is -0.152. The van der Waals surface area contributed by atoms with E-state index in [1.807, 2.05) is 24.3 Å². The highest BCUT2D eigenvalue weighted by molar-refractivity contribution is 6.30. The summed E-state index contributed by atoms with van der Waals surface area (Å²) in [5.74, 6) is -0.152. The predicted molar refractivity (Wildman–Crippen MR) is 93.7 cm³/mol. The number of halogens is 1. The summed E-state index contributed by atoms with van der Waals surface area (Å²) < 4.78 is 1.71. The molecule has 7 heteroatoms. The zero-order valence-electron chi connectivity index (χ0n) is 13.8. The molecule has 1 unspecified atom stereocenters. The first kappa shape index (κ1) is 16.9. The molecule has 1 amide bonds. The van der Waals surface area contributed by atoms with Gasteiger partial charge in [-0.15, -0.1) is 5.10 Å². The number of amides is 1. The number of nitrogens with zero attached hydrogens (tertiary/aromatic N) is 3. The average Bonchev–Trinajstić information content (AvgIpc) is 3.00. The molecule has 2 N–H and O–H groups in total. The fourth-order valence-corrected chi connectivity index (χ4v) is 3.17. The molecular formula is C17H22ClN5O. The molecular weight excluding hydrogens is 326 g/mol. The molecule has 1 aromatic heterocycles. The van der Waals surface area contributed by atoms with E-state index in [1.165, 1.54) is 0 Å². The molecule has 2 heterocycles. The lowest BCUT2D eigenvalue weighted by Crippen LogP contribution is -2.45. The molecule has 1 fully saturated rings. The Morgan fingerprint density at radius 2 is 2.38 bits per heavy atom. The van der Waals surface area contributed by atoms with Gasteiger partial charge in [0, 0.05) is 17.6 Å². The molecule has 1 atom stereocenters. The van der Waals surface area contributed by atoms with E-state index < -0.39 is 0 Å². The summed E-state index contributed by atoms with van der Waals surface area (Å²) in [5, 5.41) is 15.3. The summed E-state index contributed by atoms with van der Waals surface area (Å²) in [7, 11) is 0. The van der Waals surface area contributed by atoms with Gasteiger partial charge in [-0.2, -0.15) is 0 Å². The van der Waals surface area contributed by atoms with Gasteiger partial charge in [0.2, 0.25) is 0 Å². The summed E-state index contributed by atoms with van der Waals surface area (Å²) >= 11 is 6.07. The molecule has 24 heavy (non-hydrogen) atoms. The van der Waals surface area contributed by atoms with Gasteiger partial charge < -0.3 is 10.6 Å². The molecule has 0 aliphatic carbocycles. The van der Waals surface area contributed by atoms with E-state index >= 15 is 0 Å². The maximum Gasteiger partial charge on any atom is 0.274 e. The van der Waals surface area contributed by atoms with Crippen molar-refractivity contribution in [3.8, 4) is 5.69 Å². The van der Waals surface area contributed by atoms with Gasteiger partial charge in [0.05, 0.1) is 11.4 Å². The number of benzene rings is 1. The molecule has 2 aromatic rings. The number of carbonyl (C=O) groups excluding carboxylic acids is 1. The third kappa shape index (κ3) is 3.76. The number of carbonyl (C=O) groups is 1. The molecule has 1 aliphatic heterocycles. The van der Waals surface area contributed by atoms with E-state index in [2.05, 4.69) is 27.9 Å². The van der Waals surface area contributed by atoms with Gasteiger partial charge in [-0.05, 0) is 44.0 Å². The second kappa shape index (κ2) is 7.77. The number of hydrogen-bond donors (Lipinski definition) is 2. The number of piperidine rings is 1. The summed E-state index contributed by atoms with van der Waals surface area (Å²) in [6.45, 7) is 3.89. The monoisotopic (exact) mass is 347 g/mol. The lowest BCUT2D eigenvalue weighted by atomic mass is 10.1. The van der Waals surface area contributed by atoms with Crippen LogP contribution >= 0.6 is 11.6 Å². The van der Waals surface area contributed by atoms with Gasteiger partial charge in [0.25, 0.3) is 5.91 Å². The zero-order chi connectivity index (χ0) is 16.9. The quantitative estimate of drug-likeness (QED) is 0.871. The minimum Gasteiger partial charge on any atom is -0.347 e. The Bertz CT molecular complexity index is 709. The van der Waals surface area contributed by atoms with E-state index in [0.717, 1.165) is 50.2 Å². The Hall–Kier alpha value is -1.92. The van der Waals surface area contributed by atoms with Gasteiger partial charge in [0.15, 0.2) is 5.69 Å². The lowest BCUT2D eigenvalue weighted by Gasteiger charge is -2.23. The number of aromatic nitrogens is 3. The second-order valence-corrected chi connectivity index (χ2v) is 6.48. The van der Waals surface area contributed by atoms with Crippen molar-refractivity contribution in [3.63, 3.8) is 0 Å². The normalized spacial score (nSPS) is 17.7. The van der Waals surface area contributed by atoms with Crippen LogP contribution in [0.25, 0.3) is 5.69 Å². The van der Waals surface area contributed by atoms with Crippen LogP contribution in [0.4, 0.5) is 0 Å². The number of rotatable bonds is 5. The molecule has 1 saturated heterocycles. The average molecular weight is 348 g/mol. The van der Waals surface area contributed by atoms with E-state index in [0.29, 0.717) is 10.7 Å². The van der Waals surface area contributed by atoms with E-state index in [1.54, 1.807) is 4.68 Å². The van der Waals surface area contributed by atoms with Crippen LogP contribution in [0.3, 0.4) is 0 Å². The highest BCUT2D eigenvalue weighted by Crippen LogP contribution is 2.18. The van der Waals surface area contributed by atoms with Gasteiger partial charge in [-0.1, -0.05) is 36.2 Å². The summed E-state index contributed by atoms with van der Waals surface area (Å²) in [5.41, 5.74) is 2.04. The van der Waals surface area contributed by atoms with Crippen molar-refractivity contribution < 1.29 is 4.79 Å². The summed E-state index contributed by atoms with van der Waals surface area (Å²) in [6, 6.07) is 7.56. The number of nitrogens with one attached hydrogen (secondary N) is 2. The summed E-state index contributed by atoms with van der Waals surface area (Å²) in [6.07, 6.45) is 3.69. The van der Waals surface area contributed by atoms with Crippen LogP contribution < -0.4 is 10.6 Å². The fraction of sp³-hybridized carbons (Fsp3) is 0.471. The minimum absolute atomic E-state index is 0.150. The van der Waals surface area contributed by atoms with Crippen LogP contribution in [0.2, 0.25) is 5.02 Å². The molecule has 0 saturated carbocycles. The second-order valence-electron chi connectivity index (χ2n) is 6.04. The van der Waals surface area contributed by atoms with E-state index in [9.17, 15) is 4.79 Å². The first-order valence-corrected chi connectivity index (χ1v) is 8.79. The standard InChI is InChI=1S/C17H22ClN5O/c1-2-5-15-16(17(24)20-13-7-4-9-19-11-13)21-22-23(15)14-8-3-6-12(18)10-14/h3,6,8,10,13,19H,2,4-5,7,9,11H2,1H3,(H,20,24). The van der Waals surface area contributed by atoms with Crippen LogP contribution in [0.5, 0.6) is 0 Å². The fourth-order valence-electron chi connectivity index (χ4n) is 2.98. The Labute approximate surface area is 146 Å². The Morgan fingerprint density at radius 3 is 3.08 bits per heavy atom.